The van der Waals surface area contributed by atoms with Crippen LogP contribution in [0, 0.1) is 18.8 Å². The lowest BCUT2D eigenvalue weighted by atomic mass is 10.0. The first kappa shape index (κ1) is 37.9. The molecule has 0 saturated carbocycles. The predicted octanol–water partition coefficient (Wildman–Crippen LogP) is 5.37. The fourth-order valence-electron chi connectivity index (χ4n) is 2.55. The summed E-state index contributed by atoms with van der Waals surface area (Å²) in [5, 5.41) is 8.45. The largest absolute Gasteiger partial charge is 0.478 e. The zero-order chi connectivity index (χ0) is 31.7. The van der Waals surface area contributed by atoms with Gasteiger partial charge in [0.25, 0.3) is 0 Å². The number of carboxylic acid groups (broad SMARTS) is 1. The second kappa shape index (κ2) is 19.9. The van der Waals surface area contributed by atoms with Crippen LogP contribution in [-0.4, -0.2) is 80.0 Å². The molecule has 2 aromatic carbocycles. The summed E-state index contributed by atoms with van der Waals surface area (Å²) in [6.45, 7) is 3.99. The molecular formula is C28H32F2I2N2O7. The van der Waals surface area contributed by atoms with Gasteiger partial charge >= 0.3 is 17.9 Å². The van der Waals surface area contributed by atoms with Crippen molar-refractivity contribution in [3.8, 4) is 0 Å². The standard InChI is InChI=1S/C14H15FINO3.C7H4FIO2.C7H13NO2/c1-4-20-14(19)11(8-17(2)3)13(18)10-7-9(16)5-6-12(10)15;8-6-2-1-4(9)3-5(6)7(10)11;1-4-10-7(9)5-6-8(2)3/h5-8H,4H2,1-3H3;1-3H,(H,10,11);5-6H,4H2,1-3H3/b11-8-;;6-5+. The molecule has 0 radical (unpaired) electrons. The van der Waals surface area contributed by atoms with Crippen LogP contribution in [0.1, 0.15) is 34.6 Å². The van der Waals surface area contributed by atoms with E-state index in [-0.39, 0.29) is 29.3 Å². The summed E-state index contributed by atoms with van der Waals surface area (Å²) < 4.78 is 37.3. The molecule has 41 heavy (non-hydrogen) atoms. The lowest BCUT2D eigenvalue weighted by Gasteiger charge is -2.11. The minimum atomic E-state index is -1.24. The minimum Gasteiger partial charge on any atom is -0.478 e. The van der Waals surface area contributed by atoms with Crippen LogP contribution in [0.3, 0.4) is 0 Å². The van der Waals surface area contributed by atoms with E-state index in [0.29, 0.717) is 13.7 Å². The van der Waals surface area contributed by atoms with Gasteiger partial charge in [-0.2, -0.15) is 0 Å². The number of benzene rings is 2. The van der Waals surface area contributed by atoms with Gasteiger partial charge in [-0.05, 0) is 95.4 Å². The second-order valence-electron chi connectivity index (χ2n) is 8.14. The van der Waals surface area contributed by atoms with Crippen LogP contribution in [-0.2, 0) is 19.1 Å². The number of carbonyl (C=O) groups excluding carboxylic acids is 3. The van der Waals surface area contributed by atoms with E-state index in [1.165, 1.54) is 41.4 Å². The minimum absolute atomic E-state index is 0.141. The van der Waals surface area contributed by atoms with Gasteiger partial charge in [0, 0.05) is 53.8 Å². The van der Waals surface area contributed by atoms with Crippen molar-refractivity contribution in [1.29, 1.82) is 0 Å². The molecule has 0 aromatic heterocycles. The number of ketones is 1. The van der Waals surface area contributed by atoms with Gasteiger partial charge in [-0.3, -0.25) is 4.79 Å². The smallest absolute Gasteiger partial charge is 0.343 e. The van der Waals surface area contributed by atoms with E-state index in [1.807, 2.05) is 59.3 Å². The third-order valence-corrected chi connectivity index (χ3v) is 5.60. The van der Waals surface area contributed by atoms with E-state index in [4.69, 9.17) is 9.84 Å². The van der Waals surface area contributed by atoms with Crippen molar-refractivity contribution in [2.75, 3.05) is 41.4 Å². The molecule has 13 heteroatoms. The molecule has 0 atom stereocenters. The quantitative estimate of drug-likeness (QED) is 0.0894. The Morgan fingerprint density at radius 1 is 0.829 bits per heavy atom. The van der Waals surface area contributed by atoms with Crippen LogP contribution in [0.25, 0.3) is 0 Å². The number of esters is 2. The Bertz CT molecular complexity index is 1270. The Kier molecular flexibility index (Phi) is 18.4. The van der Waals surface area contributed by atoms with E-state index in [0.717, 1.165) is 6.07 Å². The molecule has 0 amide bonds. The summed E-state index contributed by atoms with van der Waals surface area (Å²) in [4.78, 5) is 48.4. The number of carbonyl (C=O) groups is 4. The molecular weight excluding hydrogens is 768 g/mol. The number of carboxylic acids is 1. The van der Waals surface area contributed by atoms with Crippen LogP contribution in [0.2, 0.25) is 0 Å². The van der Waals surface area contributed by atoms with Crippen LogP contribution in [0.5, 0.6) is 0 Å². The van der Waals surface area contributed by atoms with Crippen molar-refractivity contribution < 1.29 is 42.5 Å². The second-order valence-corrected chi connectivity index (χ2v) is 10.6. The summed E-state index contributed by atoms with van der Waals surface area (Å²) >= 11 is 3.90. The van der Waals surface area contributed by atoms with Crippen LogP contribution >= 0.6 is 45.2 Å². The molecule has 9 nitrogen and oxygen atoms in total. The molecule has 0 heterocycles. The molecule has 0 spiro atoms. The molecule has 0 aliphatic heterocycles. The third kappa shape index (κ3) is 15.5. The number of hydrogen-bond donors (Lipinski definition) is 1. The van der Waals surface area contributed by atoms with Crippen molar-refractivity contribution >= 4 is 68.9 Å². The van der Waals surface area contributed by atoms with Crippen molar-refractivity contribution in [1.82, 2.24) is 9.80 Å². The SMILES string of the molecule is CCOC(=O)/C(=C\N(C)C)C(=O)c1cc(I)ccc1F.CCOC(=O)/C=C/N(C)C.O=C(O)c1cc(I)ccc1F. The molecule has 0 saturated heterocycles. The monoisotopic (exact) mass is 800 g/mol. The van der Waals surface area contributed by atoms with Crippen molar-refractivity contribution in [2.24, 2.45) is 0 Å². The number of rotatable bonds is 9. The number of aromatic carboxylic acids is 1. The molecule has 0 aliphatic rings. The fraction of sp³-hybridized carbons (Fsp3) is 0.286. The Labute approximate surface area is 265 Å². The highest BCUT2D eigenvalue weighted by Gasteiger charge is 2.24. The van der Waals surface area contributed by atoms with Gasteiger partial charge < -0.3 is 24.4 Å². The Balaban J connectivity index is 0.000000644. The van der Waals surface area contributed by atoms with Crippen LogP contribution < -0.4 is 0 Å². The van der Waals surface area contributed by atoms with Gasteiger partial charge in [-0.25, -0.2) is 23.2 Å². The first-order valence-electron chi connectivity index (χ1n) is 11.9. The fourth-order valence-corrected chi connectivity index (χ4v) is 3.53. The van der Waals surface area contributed by atoms with Gasteiger partial charge in [0.2, 0.25) is 5.78 Å². The molecule has 2 aromatic rings. The van der Waals surface area contributed by atoms with E-state index in [9.17, 15) is 28.0 Å². The van der Waals surface area contributed by atoms with Crippen LogP contribution in [0.15, 0.2) is 60.4 Å². The number of nitrogens with zero attached hydrogens (tertiary/aromatic N) is 2. The first-order chi connectivity index (χ1) is 19.1. The number of Topliss-reactive ketones (excluding diaryl/α,β-unsaturated/α-hetero) is 1. The topological polar surface area (TPSA) is 113 Å². The maximum atomic E-state index is 13.7. The molecule has 0 unspecified atom stereocenters. The summed E-state index contributed by atoms with van der Waals surface area (Å²) in [5.74, 6) is -4.34. The molecule has 0 fully saturated rings. The third-order valence-electron chi connectivity index (χ3n) is 4.25. The van der Waals surface area contributed by atoms with E-state index in [2.05, 4.69) is 4.74 Å². The zero-order valence-corrected chi connectivity index (χ0v) is 27.7. The Hall–Kier alpha value is -3.08. The summed E-state index contributed by atoms with van der Waals surface area (Å²) in [5.41, 5.74) is -0.618. The van der Waals surface area contributed by atoms with Crippen molar-refractivity contribution in [2.45, 2.75) is 13.8 Å². The normalized spacial score (nSPS) is 10.4. The van der Waals surface area contributed by atoms with E-state index in [1.54, 1.807) is 45.1 Å². The van der Waals surface area contributed by atoms with Gasteiger partial charge in [-0.1, -0.05) is 0 Å². The lowest BCUT2D eigenvalue weighted by Crippen LogP contribution is -2.20. The Morgan fingerprint density at radius 2 is 1.32 bits per heavy atom. The van der Waals surface area contributed by atoms with E-state index >= 15 is 0 Å². The average molecular weight is 800 g/mol. The highest BCUT2D eigenvalue weighted by Crippen LogP contribution is 2.18. The lowest BCUT2D eigenvalue weighted by molar-refractivity contribution is -0.138. The first-order valence-corrected chi connectivity index (χ1v) is 14.0. The van der Waals surface area contributed by atoms with E-state index < -0.39 is 29.4 Å². The van der Waals surface area contributed by atoms with Crippen LogP contribution in [0.4, 0.5) is 8.78 Å². The molecule has 1 N–H and O–H groups in total. The van der Waals surface area contributed by atoms with Crippen molar-refractivity contribution in [3.05, 3.63) is 90.3 Å². The number of ether oxygens (including phenoxy) is 2. The summed E-state index contributed by atoms with van der Waals surface area (Å²) in [7, 11) is 7.01. The van der Waals surface area contributed by atoms with Gasteiger partial charge in [0.15, 0.2) is 0 Å². The maximum Gasteiger partial charge on any atom is 0.343 e. The van der Waals surface area contributed by atoms with Gasteiger partial charge in [0.05, 0.1) is 24.3 Å². The molecule has 224 valence electrons. The maximum absolute atomic E-state index is 13.7. The highest BCUT2D eigenvalue weighted by molar-refractivity contribution is 14.1. The Morgan fingerprint density at radius 3 is 1.73 bits per heavy atom. The number of halogens is 4. The summed E-state index contributed by atoms with van der Waals surface area (Å²) in [6.07, 6.45) is 4.38. The molecule has 0 aliphatic carbocycles. The zero-order valence-electron chi connectivity index (χ0n) is 23.4. The molecule has 0 bridgehead atoms. The van der Waals surface area contributed by atoms with Gasteiger partial charge in [0.1, 0.15) is 17.2 Å². The summed E-state index contributed by atoms with van der Waals surface area (Å²) in [6, 6.07) is 8.10. The number of hydrogen-bond acceptors (Lipinski definition) is 8. The average Bonchev–Trinajstić information content (AvgIpc) is 2.89. The highest BCUT2D eigenvalue weighted by atomic mass is 127. The van der Waals surface area contributed by atoms with Crippen molar-refractivity contribution in [3.63, 3.8) is 0 Å². The van der Waals surface area contributed by atoms with Gasteiger partial charge in [-0.15, -0.1) is 0 Å². The predicted molar refractivity (Wildman–Crippen MR) is 167 cm³/mol. The molecule has 2 rings (SSSR count).